The molecule has 2 saturated heterocycles. The maximum atomic E-state index is 12.4. The highest BCUT2D eigenvalue weighted by Crippen LogP contribution is 2.61. The van der Waals surface area contributed by atoms with Crippen LogP contribution in [0.3, 0.4) is 0 Å². The summed E-state index contributed by atoms with van der Waals surface area (Å²) in [5.41, 5.74) is 1.99. The van der Waals surface area contributed by atoms with Crippen molar-refractivity contribution in [2.75, 3.05) is 31.1 Å². The molecule has 1 aromatic heterocycles. The average Bonchev–Trinajstić information content (AvgIpc) is 3.14. The zero-order valence-electron chi connectivity index (χ0n) is 20.2. The van der Waals surface area contributed by atoms with E-state index >= 15 is 0 Å². The summed E-state index contributed by atoms with van der Waals surface area (Å²) in [5, 5.41) is 30.5. The first-order valence-electron chi connectivity index (χ1n) is 11.9. The van der Waals surface area contributed by atoms with Crippen LogP contribution in [0.4, 0.5) is 10.6 Å². The van der Waals surface area contributed by atoms with Crippen molar-refractivity contribution >= 4 is 24.5 Å². The summed E-state index contributed by atoms with van der Waals surface area (Å²) in [6, 6.07) is 2.23. The van der Waals surface area contributed by atoms with Gasteiger partial charge in [-0.3, -0.25) is 0 Å². The standard InChI is InChI=1S/C24H33BN4O4/c1-22(2,3)33-21(30)29-12-24(13-29)6-7-28(11-24)20-16(10-26)18(25(31)32)15-8-14-9-17(19(15)27-20)23(14,4)5/h14,17,31-32H,6-9,11-13H2,1-5H3/t14-,17-/m0/s1. The third-order valence-electron chi connectivity index (χ3n) is 8.42. The SMILES string of the molecule is CC(C)(C)OC(=O)N1CC2(CCN(c3nc4c(c(B(O)O)c3C#N)C[C@H]3C[C@@H]4C3(C)C)C2)C1. The summed E-state index contributed by atoms with van der Waals surface area (Å²) >= 11 is 0. The highest BCUT2D eigenvalue weighted by atomic mass is 16.6. The van der Waals surface area contributed by atoms with Gasteiger partial charge < -0.3 is 24.6 Å². The molecule has 1 amide bonds. The highest BCUT2D eigenvalue weighted by molar-refractivity contribution is 6.60. The Labute approximate surface area is 195 Å². The predicted molar refractivity (Wildman–Crippen MR) is 124 cm³/mol. The molecule has 0 aromatic carbocycles. The molecular weight excluding hydrogens is 419 g/mol. The van der Waals surface area contributed by atoms with Crippen molar-refractivity contribution in [3.63, 3.8) is 0 Å². The monoisotopic (exact) mass is 452 g/mol. The van der Waals surface area contributed by atoms with Gasteiger partial charge in [0.05, 0.1) is 5.56 Å². The molecule has 33 heavy (non-hydrogen) atoms. The summed E-state index contributed by atoms with van der Waals surface area (Å²) in [7, 11) is -1.70. The molecular formula is C24H33BN4O4. The van der Waals surface area contributed by atoms with Gasteiger partial charge in [-0.1, -0.05) is 13.8 Å². The minimum atomic E-state index is -1.70. The maximum Gasteiger partial charge on any atom is 0.490 e. The summed E-state index contributed by atoms with van der Waals surface area (Å²) in [5.74, 6) is 1.32. The van der Waals surface area contributed by atoms with E-state index in [1.807, 2.05) is 20.8 Å². The molecule has 3 aliphatic carbocycles. The molecule has 9 heteroatoms. The molecule has 6 rings (SSSR count). The van der Waals surface area contributed by atoms with Gasteiger partial charge >= 0.3 is 13.2 Å². The first kappa shape index (κ1) is 22.5. The number of likely N-dealkylation sites (tertiary alicyclic amines) is 1. The number of ether oxygens (including phenoxy) is 1. The van der Waals surface area contributed by atoms with Crippen molar-refractivity contribution < 1.29 is 19.6 Å². The van der Waals surface area contributed by atoms with Crippen LogP contribution >= 0.6 is 0 Å². The predicted octanol–water partition coefficient (Wildman–Crippen LogP) is 1.77. The molecule has 0 radical (unpaired) electrons. The van der Waals surface area contributed by atoms with Crippen LogP contribution in [0.5, 0.6) is 0 Å². The summed E-state index contributed by atoms with van der Waals surface area (Å²) in [6.45, 7) is 12.8. The van der Waals surface area contributed by atoms with Gasteiger partial charge in [0, 0.05) is 48.7 Å². The Morgan fingerprint density at radius 2 is 1.97 bits per heavy atom. The average molecular weight is 452 g/mol. The number of amides is 1. The lowest BCUT2D eigenvalue weighted by molar-refractivity contribution is -0.0266. The molecule has 176 valence electrons. The van der Waals surface area contributed by atoms with E-state index in [1.54, 1.807) is 4.90 Å². The minimum Gasteiger partial charge on any atom is -0.444 e. The molecule has 2 aliphatic heterocycles. The third-order valence-corrected chi connectivity index (χ3v) is 8.42. The minimum absolute atomic E-state index is 0.0416. The zero-order chi connectivity index (χ0) is 23.9. The van der Waals surface area contributed by atoms with Gasteiger partial charge in [0.2, 0.25) is 0 Å². The lowest BCUT2D eigenvalue weighted by Crippen LogP contribution is -2.60. The molecule has 1 aromatic rings. The van der Waals surface area contributed by atoms with Crippen molar-refractivity contribution in [2.45, 2.75) is 65.4 Å². The number of nitrogens with zero attached hydrogens (tertiary/aromatic N) is 4. The number of aromatic nitrogens is 1. The number of carbonyl (C=O) groups is 1. The molecule has 2 N–H and O–H groups in total. The van der Waals surface area contributed by atoms with Gasteiger partial charge in [0.25, 0.3) is 0 Å². The van der Waals surface area contributed by atoms with Crippen LogP contribution in [-0.4, -0.2) is 64.9 Å². The number of rotatable bonds is 2. The number of pyridine rings is 1. The summed E-state index contributed by atoms with van der Waals surface area (Å²) in [6.07, 6.45) is 2.41. The molecule has 3 fully saturated rings. The quantitative estimate of drug-likeness (QED) is 0.658. The van der Waals surface area contributed by atoms with Crippen LogP contribution in [-0.2, 0) is 11.2 Å². The number of hydrogen-bond acceptors (Lipinski definition) is 7. The smallest absolute Gasteiger partial charge is 0.444 e. The maximum absolute atomic E-state index is 12.4. The Morgan fingerprint density at radius 3 is 2.55 bits per heavy atom. The van der Waals surface area contributed by atoms with Gasteiger partial charge in [-0.25, -0.2) is 9.78 Å². The van der Waals surface area contributed by atoms with Crippen LogP contribution in [0.2, 0.25) is 0 Å². The Kier molecular flexibility index (Phi) is 4.84. The summed E-state index contributed by atoms with van der Waals surface area (Å²) < 4.78 is 5.49. The van der Waals surface area contributed by atoms with Crippen LogP contribution < -0.4 is 10.4 Å². The molecule has 2 bridgehead atoms. The van der Waals surface area contributed by atoms with Gasteiger partial charge in [-0.15, -0.1) is 0 Å². The van der Waals surface area contributed by atoms with Crippen molar-refractivity contribution in [2.24, 2.45) is 16.7 Å². The largest absolute Gasteiger partial charge is 0.490 e. The van der Waals surface area contributed by atoms with Gasteiger partial charge in [0.1, 0.15) is 17.5 Å². The second-order valence-electron chi connectivity index (χ2n) is 12.1. The summed E-state index contributed by atoms with van der Waals surface area (Å²) in [4.78, 5) is 21.3. The lowest BCUT2D eigenvalue weighted by atomic mass is 9.47. The normalized spacial score (nSPS) is 26.2. The number of anilines is 1. The third kappa shape index (κ3) is 3.41. The molecule has 1 spiro atoms. The van der Waals surface area contributed by atoms with E-state index in [2.05, 4.69) is 24.8 Å². The van der Waals surface area contributed by atoms with E-state index in [0.717, 1.165) is 37.1 Å². The van der Waals surface area contributed by atoms with E-state index in [1.165, 1.54) is 0 Å². The zero-order valence-corrected chi connectivity index (χ0v) is 20.2. The Morgan fingerprint density at radius 1 is 1.27 bits per heavy atom. The van der Waals surface area contributed by atoms with Crippen molar-refractivity contribution in [3.8, 4) is 6.07 Å². The van der Waals surface area contributed by atoms with Crippen LogP contribution in [0.25, 0.3) is 0 Å². The van der Waals surface area contributed by atoms with E-state index in [9.17, 15) is 20.1 Å². The molecule has 3 heterocycles. The molecule has 0 unspecified atom stereocenters. The topological polar surface area (TPSA) is 110 Å². The van der Waals surface area contributed by atoms with E-state index in [-0.39, 0.29) is 28.4 Å². The highest BCUT2D eigenvalue weighted by Gasteiger charge is 2.55. The van der Waals surface area contributed by atoms with Crippen LogP contribution in [0.1, 0.15) is 70.2 Å². The van der Waals surface area contributed by atoms with Crippen LogP contribution in [0.15, 0.2) is 0 Å². The van der Waals surface area contributed by atoms with Crippen LogP contribution in [0, 0.1) is 28.1 Å². The second kappa shape index (κ2) is 7.10. The van der Waals surface area contributed by atoms with E-state index in [0.29, 0.717) is 36.8 Å². The van der Waals surface area contributed by atoms with E-state index < -0.39 is 12.7 Å². The van der Waals surface area contributed by atoms with Crippen molar-refractivity contribution in [3.05, 3.63) is 16.8 Å². The van der Waals surface area contributed by atoms with E-state index in [4.69, 9.17) is 9.72 Å². The Balaban J connectivity index is 1.42. The fourth-order valence-electron chi connectivity index (χ4n) is 6.44. The van der Waals surface area contributed by atoms with Crippen molar-refractivity contribution in [1.82, 2.24) is 9.88 Å². The Bertz CT molecular complexity index is 1050. The molecule has 8 nitrogen and oxygen atoms in total. The van der Waals surface area contributed by atoms with Gasteiger partial charge in [-0.2, -0.15) is 5.26 Å². The first-order valence-corrected chi connectivity index (χ1v) is 11.9. The van der Waals surface area contributed by atoms with Gasteiger partial charge in [-0.05, 0) is 56.9 Å². The van der Waals surface area contributed by atoms with Crippen molar-refractivity contribution in [1.29, 1.82) is 5.26 Å². The number of hydrogen-bond donors (Lipinski definition) is 2. The number of nitriles is 1. The second-order valence-corrected chi connectivity index (χ2v) is 12.1. The first-order chi connectivity index (χ1) is 15.3. The fraction of sp³-hybridized carbons (Fsp3) is 0.708. The Hall–Kier alpha value is -2.31. The fourth-order valence-corrected chi connectivity index (χ4v) is 6.44. The van der Waals surface area contributed by atoms with Gasteiger partial charge in [0.15, 0.2) is 0 Å². The lowest BCUT2D eigenvalue weighted by Gasteiger charge is -2.57. The molecule has 1 saturated carbocycles. The number of carbonyl (C=O) groups excluding carboxylic acids is 1. The molecule has 5 aliphatic rings. The molecule has 2 atom stereocenters.